The Kier molecular flexibility index (Phi) is 3.79. The molecule has 0 aromatic heterocycles. The van der Waals surface area contributed by atoms with Crippen molar-refractivity contribution in [2.45, 2.75) is 37.4 Å². The quantitative estimate of drug-likeness (QED) is 0.842. The lowest BCUT2D eigenvalue weighted by Crippen LogP contribution is -2.53. The number of sulfonamides is 1. The van der Waals surface area contributed by atoms with Crippen molar-refractivity contribution in [1.29, 1.82) is 0 Å². The smallest absolute Gasteiger partial charge is 0.246 e. The highest BCUT2D eigenvalue weighted by Crippen LogP contribution is 2.28. The molecule has 7 heteroatoms. The van der Waals surface area contributed by atoms with Crippen LogP contribution in [-0.2, 0) is 14.8 Å². The molecule has 0 aliphatic carbocycles. The molecule has 2 N–H and O–H groups in total. The molecule has 0 bridgehead atoms. The normalized spacial score (nSPS) is 23.7. The third-order valence-corrected chi connectivity index (χ3v) is 4.96. The van der Waals surface area contributed by atoms with Gasteiger partial charge in [0.15, 0.2) is 0 Å². The van der Waals surface area contributed by atoms with Gasteiger partial charge in [-0.25, -0.2) is 12.8 Å². The largest absolute Gasteiger partial charge is 0.399 e. The number of hydrogen-bond donors (Lipinski definition) is 1. The number of anilines is 1. The minimum absolute atomic E-state index is 0.184. The summed E-state index contributed by atoms with van der Waals surface area (Å²) in [5.41, 5.74) is 5.04. The number of hydrogen-bond acceptors (Lipinski definition) is 4. The molecule has 1 saturated heterocycles. The van der Waals surface area contributed by atoms with Crippen LogP contribution in [0.25, 0.3) is 0 Å². The van der Waals surface area contributed by atoms with Gasteiger partial charge in [-0.15, -0.1) is 0 Å². The van der Waals surface area contributed by atoms with E-state index in [0.717, 1.165) is 6.07 Å². The van der Waals surface area contributed by atoms with Gasteiger partial charge in [-0.3, -0.25) is 0 Å². The average Bonchev–Trinajstić information content (AvgIpc) is 2.25. The molecule has 0 amide bonds. The molecular formula is C13H19FN2O3S. The van der Waals surface area contributed by atoms with E-state index in [1.807, 2.05) is 13.8 Å². The van der Waals surface area contributed by atoms with Crippen LogP contribution in [0.1, 0.15) is 20.8 Å². The molecule has 1 atom stereocenters. The number of ether oxygens (including phenoxy) is 1. The van der Waals surface area contributed by atoms with Crippen molar-refractivity contribution >= 4 is 15.7 Å². The van der Waals surface area contributed by atoms with Gasteiger partial charge in [0, 0.05) is 18.8 Å². The highest BCUT2D eigenvalue weighted by Gasteiger charge is 2.38. The molecule has 1 aromatic rings. The number of nitrogens with two attached hydrogens (primary N) is 1. The summed E-state index contributed by atoms with van der Waals surface area (Å²) in [4.78, 5) is -0.350. The summed E-state index contributed by atoms with van der Waals surface area (Å²) in [6.07, 6.45) is -0.245. The number of morpholine rings is 1. The van der Waals surface area contributed by atoms with Gasteiger partial charge in [0.2, 0.25) is 10.0 Å². The number of nitrogens with zero attached hydrogens (tertiary/aromatic N) is 1. The van der Waals surface area contributed by atoms with Gasteiger partial charge in [-0.2, -0.15) is 4.31 Å². The minimum atomic E-state index is -3.89. The fourth-order valence-corrected chi connectivity index (χ4v) is 4.15. The standard InChI is InChI=1S/C13H19FN2O3S/c1-9-7-16(8-13(2,3)19-9)20(17,18)12-5-4-10(15)6-11(12)14/h4-6,9H,7-8,15H2,1-3H3. The fraction of sp³-hybridized carbons (Fsp3) is 0.538. The van der Waals surface area contributed by atoms with Crippen LogP contribution in [0.2, 0.25) is 0 Å². The van der Waals surface area contributed by atoms with E-state index < -0.39 is 21.4 Å². The summed E-state index contributed by atoms with van der Waals surface area (Å²) in [5.74, 6) is -0.832. The lowest BCUT2D eigenvalue weighted by Gasteiger charge is -2.40. The summed E-state index contributed by atoms with van der Waals surface area (Å²) in [6, 6.07) is 3.60. The molecule has 1 aromatic carbocycles. The molecule has 5 nitrogen and oxygen atoms in total. The Balaban J connectivity index is 2.39. The molecule has 1 aliphatic rings. The van der Waals surface area contributed by atoms with Crippen LogP contribution in [0.15, 0.2) is 23.1 Å². The maximum Gasteiger partial charge on any atom is 0.246 e. The van der Waals surface area contributed by atoms with Crippen LogP contribution in [0, 0.1) is 5.82 Å². The van der Waals surface area contributed by atoms with Crippen LogP contribution in [-0.4, -0.2) is 37.5 Å². The molecule has 0 radical (unpaired) electrons. The Bertz CT molecular complexity index is 616. The Hall–Kier alpha value is -1.18. The van der Waals surface area contributed by atoms with Crippen molar-refractivity contribution < 1.29 is 17.5 Å². The highest BCUT2D eigenvalue weighted by molar-refractivity contribution is 7.89. The lowest BCUT2D eigenvalue weighted by atomic mass is 10.1. The predicted octanol–water partition coefficient (Wildman–Crippen LogP) is 1.60. The first-order chi connectivity index (χ1) is 9.12. The second-order valence-electron chi connectivity index (χ2n) is 5.68. The fourth-order valence-electron chi connectivity index (χ4n) is 2.44. The van der Waals surface area contributed by atoms with E-state index in [4.69, 9.17) is 10.5 Å². The molecule has 2 rings (SSSR count). The van der Waals surface area contributed by atoms with E-state index in [0.29, 0.717) is 0 Å². The van der Waals surface area contributed by atoms with Crippen molar-refractivity contribution in [3.63, 3.8) is 0 Å². The molecule has 0 spiro atoms. The van der Waals surface area contributed by atoms with Gasteiger partial charge in [0.25, 0.3) is 0 Å². The minimum Gasteiger partial charge on any atom is -0.399 e. The van der Waals surface area contributed by atoms with Gasteiger partial charge in [0.05, 0.1) is 11.7 Å². The zero-order valence-electron chi connectivity index (χ0n) is 11.8. The van der Waals surface area contributed by atoms with Gasteiger partial charge in [-0.1, -0.05) is 0 Å². The molecule has 20 heavy (non-hydrogen) atoms. The van der Waals surface area contributed by atoms with E-state index in [2.05, 4.69) is 0 Å². The number of benzene rings is 1. The number of halogens is 1. The summed E-state index contributed by atoms with van der Waals surface area (Å²) in [5, 5.41) is 0. The first kappa shape index (κ1) is 15.2. The molecule has 1 fully saturated rings. The molecule has 112 valence electrons. The van der Waals surface area contributed by atoms with E-state index >= 15 is 0 Å². The number of nitrogen functional groups attached to an aromatic ring is 1. The van der Waals surface area contributed by atoms with Crippen molar-refractivity contribution in [2.24, 2.45) is 0 Å². The van der Waals surface area contributed by atoms with Crippen molar-refractivity contribution in [3.05, 3.63) is 24.0 Å². The summed E-state index contributed by atoms with van der Waals surface area (Å²) >= 11 is 0. The number of rotatable bonds is 2. The summed E-state index contributed by atoms with van der Waals surface area (Å²) in [6.45, 7) is 5.80. The SMILES string of the molecule is CC1CN(S(=O)(=O)c2ccc(N)cc2F)CC(C)(C)O1. The van der Waals surface area contributed by atoms with Gasteiger partial charge in [-0.05, 0) is 39.0 Å². The van der Waals surface area contributed by atoms with E-state index in [1.165, 1.54) is 16.4 Å². The zero-order valence-corrected chi connectivity index (χ0v) is 12.6. The van der Waals surface area contributed by atoms with Crippen molar-refractivity contribution in [2.75, 3.05) is 18.8 Å². The van der Waals surface area contributed by atoms with Gasteiger partial charge >= 0.3 is 0 Å². The predicted molar refractivity (Wildman–Crippen MR) is 74.2 cm³/mol. The maximum absolute atomic E-state index is 13.9. The van der Waals surface area contributed by atoms with Crippen molar-refractivity contribution in [1.82, 2.24) is 4.31 Å². The summed E-state index contributed by atoms with van der Waals surface area (Å²) < 4.78 is 45.9. The molecule has 0 saturated carbocycles. The van der Waals surface area contributed by atoms with Crippen LogP contribution >= 0.6 is 0 Å². The molecule has 1 unspecified atom stereocenters. The van der Waals surface area contributed by atoms with E-state index in [9.17, 15) is 12.8 Å². The highest BCUT2D eigenvalue weighted by atomic mass is 32.2. The third kappa shape index (κ3) is 2.94. The Morgan fingerprint density at radius 2 is 2.10 bits per heavy atom. The second-order valence-corrected chi connectivity index (χ2v) is 7.58. The van der Waals surface area contributed by atoms with Crippen LogP contribution < -0.4 is 5.73 Å². The molecule has 1 heterocycles. The van der Waals surface area contributed by atoms with Crippen LogP contribution in [0.4, 0.5) is 10.1 Å². The van der Waals surface area contributed by atoms with Gasteiger partial charge < -0.3 is 10.5 Å². The Morgan fingerprint density at radius 3 is 2.65 bits per heavy atom. The summed E-state index contributed by atoms with van der Waals surface area (Å²) in [7, 11) is -3.89. The topological polar surface area (TPSA) is 72.6 Å². The van der Waals surface area contributed by atoms with E-state index in [1.54, 1.807) is 6.92 Å². The third-order valence-electron chi connectivity index (χ3n) is 3.11. The van der Waals surface area contributed by atoms with Crippen molar-refractivity contribution in [3.8, 4) is 0 Å². The first-order valence-electron chi connectivity index (χ1n) is 6.35. The van der Waals surface area contributed by atoms with E-state index in [-0.39, 0.29) is 29.8 Å². The molecular weight excluding hydrogens is 283 g/mol. The van der Waals surface area contributed by atoms with Crippen LogP contribution in [0.5, 0.6) is 0 Å². The van der Waals surface area contributed by atoms with Crippen LogP contribution in [0.3, 0.4) is 0 Å². The zero-order chi connectivity index (χ0) is 15.1. The van der Waals surface area contributed by atoms with Gasteiger partial charge in [0.1, 0.15) is 10.7 Å². The Morgan fingerprint density at radius 1 is 1.45 bits per heavy atom. The second kappa shape index (κ2) is 4.98. The molecule has 1 aliphatic heterocycles. The average molecular weight is 302 g/mol. The first-order valence-corrected chi connectivity index (χ1v) is 7.79. The Labute approximate surface area is 118 Å². The maximum atomic E-state index is 13.9. The monoisotopic (exact) mass is 302 g/mol. The lowest BCUT2D eigenvalue weighted by molar-refractivity contribution is -0.109.